The molecule has 2 unspecified atom stereocenters. The van der Waals surface area contributed by atoms with Gasteiger partial charge >= 0.3 is 0 Å². The number of aliphatic hydroxyl groups is 1. The molecule has 2 rings (SSSR count). The lowest BCUT2D eigenvalue weighted by Crippen LogP contribution is -2.47. The van der Waals surface area contributed by atoms with Crippen LogP contribution in [-0.4, -0.2) is 41.0 Å². The van der Waals surface area contributed by atoms with E-state index in [0.29, 0.717) is 18.8 Å². The zero-order valence-corrected chi connectivity index (χ0v) is 11.5. The number of hydrogen-bond donors (Lipinski definition) is 2. The molecule has 1 fully saturated rings. The summed E-state index contributed by atoms with van der Waals surface area (Å²) in [6.07, 6.45) is 0.499. The normalized spacial score (nSPS) is 26.6. The fourth-order valence-corrected chi connectivity index (χ4v) is 2.23. The average Bonchev–Trinajstić information content (AvgIpc) is 2.85. The van der Waals surface area contributed by atoms with Crippen LogP contribution in [0.5, 0.6) is 0 Å². The second-order valence-corrected chi connectivity index (χ2v) is 5.12. The summed E-state index contributed by atoms with van der Waals surface area (Å²) in [5.74, 6) is 0.505. The minimum atomic E-state index is -0.964. The van der Waals surface area contributed by atoms with E-state index < -0.39 is 5.60 Å². The monoisotopic (exact) mass is 268 g/mol. The van der Waals surface area contributed by atoms with E-state index in [1.807, 2.05) is 6.92 Å². The summed E-state index contributed by atoms with van der Waals surface area (Å²) in [5, 5.41) is 16.8. The molecular formula is C13H20N2O4. The van der Waals surface area contributed by atoms with Crippen molar-refractivity contribution in [3.8, 4) is 0 Å². The van der Waals surface area contributed by atoms with Crippen molar-refractivity contribution in [2.45, 2.75) is 45.3 Å². The number of amides is 1. The first kappa shape index (κ1) is 14.0. The lowest BCUT2D eigenvalue weighted by Gasteiger charge is -2.26. The van der Waals surface area contributed by atoms with Crippen molar-refractivity contribution in [2.75, 3.05) is 13.2 Å². The number of aryl methyl sites for hydroxylation is 2. The molecule has 19 heavy (non-hydrogen) atoms. The molecule has 1 saturated heterocycles. The Hall–Kier alpha value is -1.40. The predicted molar refractivity (Wildman–Crippen MR) is 67.7 cm³/mol. The molecule has 2 atom stereocenters. The summed E-state index contributed by atoms with van der Waals surface area (Å²) in [6.45, 7) is 6.13. The molecule has 1 aromatic rings. The zero-order valence-electron chi connectivity index (χ0n) is 11.5. The van der Waals surface area contributed by atoms with E-state index in [-0.39, 0.29) is 25.0 Å². The van der Waals surface area contributed by atoms with Crippen molar-refractivity contribution < 1.29 is 19.2 Å². The van der Waals surface area contributed by atoms with Gasteiger partial charge in [0.15, 0.2) is 0 Å². The molecular weight excluding hydrogens is 248 g/mol. The van der Waals surface area contributed by atoms with Crippen molar-refractivity contribution >= 4 is 5.91 Å². The van der Waals surface area contributed by atoms with Crippen molar-refractivity contribution in [3.05, 3.63) is 17.0 Å². The summed E-state index contributed by atoms with van der Waals surface area (Å²) in [4.78, 5) is 11.9. The first-order chi connectivity index (χ1) is 8.92. The van der Waals surface area contributed by atoms with Crippen LogP contribution in [0, 0.1) is 13.8 Å². The molecule has 1 aliphatic rings. The van der Waals surface area contributed by atoms with Crippen LogP contribution < -0.4 is 5.32 Å². The highest BCUT2D eigenvalue weighted by Crippen LogP contribution is 2.24. The van der Waals surface area contributed by atoms with Gasteiger partial charge in [0.25, 0.3) is 0 Å². The van der Waals surface area contributed by atoms with Crippen LogP contribution in [0.3, 0.4) is 0 Å². The van der Waals surface area contributed by atoms with E-state index in [4.69, 9.17) is 9.26 Å². The summed E-state index contributed by atoms with van der Waals surface area (Å²) < 4.78 is 10.3. The number of ether oxygens (including phenoxy) is 1. The zero-order chi connectivity index (χ0) is 14.0. The fraction of sp³-hybridized carbons (Fsp3) is 0.692. The minimum Gasteiger partial charge on any atom is -0.385 e. The number of hydrogen-bond acceptors (Lipinski definition) is 5. The Bertz CT molecular complexity index is 452. The number of rotatable bonds is 4. The SMILES string of the molecule is Cc1noc(C)c1CC(=O)NCC1(O)CCOC1C. The van der Waals surface area contributed by atoms with Gasteiger partial charge in [-0.05, 0) is 20.8 Å². The third-order valence-corrected chi connectivity index (χ3v) is 3.77. The van der Waals surface area contributed by atoms with E-state index in [1.165, 1.54) is 0 Å². The van der Waals surface area contributed by atoms with Crippen LogP contribution in [0.15, 0.2) is 4.52 Å². The molecule has 6 nitrogen and oxygen atoms in total. The van der Waals surface area contributed by atoms with Crippen molar-refractivity contribution in [1.82, 2.24) is 10.5 Å². The Labute approximate surface area is 112 Å². The van der Waals surface area contributed by atoms with E-state index in [0.717, 1.165) is 11.3 Å². The Balaban J connectivity index is 1.89. The molecule has 0 radical (unpaired) electrons. The number of carbonyl (C=O) groups excluding carboxylic acids is 1. The minimum absolute atomic E-state index is 0.151. The Morgan fingerprint density at radius 3 is 2.84 bits per heavy atom. The fourth-order valence-electron chi connectivity index (χ4n) is 2.23. The standard InChI is InChI=1S/C13H20N2O4/c1-8-11(9(2)19-15-8)6-12(16)14-7-13(17)4-5-18-10(13)3/h10,17H,4-7H2,1-3H3,(H,14,16). The Morgan fingerprint density at radius 2 is 2.32 bits per heavy atom. The van der Waals surface area contributed by atoms with E-state index in [9.17, 15) is 9.90 Å². The van der Waals surface area contributed by atoms with Crippen molar-refractivity contribution in [2.24, 2.45) is 0 Å². The van der Waals surface area contributed by atoms with Crippen LogP contribution in [0.1, 0.15) is 30.4 Å². The van der Waals surface area contributed by atoms with Gasteiger partial charge in [0.1, 0.15) is 11.4 Å². The molecule has 6 heteroatoms. The van der Waals surface area contributed by atoms with E-state index in [1.54, 1.807) is 13.8 Å². The molecule has 2 N–H and O–H groups in total. The number of nitrogens with zero attached hydrogens (tertiary/aromatic N) is 1. The number of carbonyl (C=O) groups is 1. The Morgan fingerprint density at radius 1 is 1.58 bits per heavy atom. The molecule has 0 spiro atoms. The molecule has 0 aromatic carbocycles. The van der Waals surface area contributed by atoms with E-state index >= 15 is 0 Å². The summed E-state index contributed by atoms with van der Waals surface area (Å²) in [6, 6.07) is 0. The predicted octanol–water partition coefficient (Wildman–Crippen LogP) is 0.490. The summed E-state index contributed by atoms with van der Waals surface area (Å²) in [5.41, 5.74) is 0.568. The number of aromatic nitrogens is 1. The quantitative estimate of drug-likeness (QED) is 0.830. The maximum atomic E-state index is 11.9. The van der Waals surface area contributed by atoms with Gasteiger partial charge in [-0.2, -0.15) is 0 Å². The van der Waals surface area contributed by atoms with Gasteiger partial charge in [-0.1, -0.05) is 5.16 Å². The van der Waals surface area contributed by atoms with Crippen LogP contribution in [0.25, 0.3) is 0 Å². The van der Waals surface area contributed by atoms with E-state index in [2.05, 4.69) is 10.5 Å². The van der Waals surface area contributed by atoms with Crippen molar-refractivity contribution in [1.29, 1.82) is 0 Å². The lowest BCUT2D eigenvalue weighted by atomic mass is 9.96. The molecule has 1 amide bonds. The second-order valence-electron chi connectivity index (χ2n) is 5.12. The third-order valence-electron chi connectivity index (χ3n) is 3.77. The molecule has 1 aromatic heterocycles. The van der Waals surface area contributed by atoms with Gasteiger partial charge in [0.2, 0.25) is 5.91 Å². The lowest BCUT2D eigenvalue weighted by molar-refractivity contribution is -0.122. The third kappa shape index (κ3) is 2.96. The topological polar surface area (TPSA) is 84.6 Å². The van der Waals surface area contributed by atoms with Gasteiger partial charge in [0.05, 0.1) is 18.2 Å². The average molecular weight is 268 g/mol. The van der Waals surface area contributed by atoms with Crippen LogP contribution in [0.2, 0.25) is 0 Å². The molecule has 106 valence electrons. The van der Waals surface area contributed by atoms with Crippen LogP contribution in [-0.2, 0) is 16.0 Å². The maximum absolute atomic E-state index is 11.9. The number of nitrogens with one attached hydrogen (secondary N) is 1. The molecule has 0 bridgehead atoms. The molecule has 2 heterocycles. The van der Waals surface area contributed by atoms with Gasteiger partial charge in [-0.15, -0.1) is 0 Å². The summed E-state index contributed by atoms with van der Waals surface area (Å²) >= 11 is 0. The molecule has 0 saturated carbocycles. The first-order valence-electron chi connectivity index (χ1n) is 6.45. The largest absolute Gasteiger partial charge is 0.385 e. The maximum Gasteiger partial charge on any atom is 0.224 e. The molecule has 0 aliphatic carbocycles. The first-order valence-corrected chi connectivity index (χ1v) is 6.45. The highest BCUT2D eigenvalue weighted by molar-refractivity contribution is 5.79. The van der Waals surface area contributed by atoms with Gasteiger partial charge in [-0.25, -0.2) is 0 Å². The van der Waals surface area contributed by atoms with Gasteiger partial charge in [0, 0.05) is 25.1 Å². The highest BCUT2D eigenvalue weighted by Gasteiger charge is 2.39. The molecule has 1 aliphatic heterocycles. The summed E-state index contributed by atoms with van der Waals surface area (Å²) in [7, 11) is 0. The highest BCUT2D eigenvalue weighted by atomic mass is 16.5. The van der Waals surface area contributed by atoms with Gasteiger partial charge < -0.3 is 19.7 Å². The van der Waals surface area contributed by atoms with Crippen LogP contribution >= 0.6 is 0 Å². The second kappa shape index (κ2) is 5.30. The smallest absolute Gasteiger partial charge is 0.224 e. The van der Waals surface area contributed by atoms with Crippen molar-refractivity contribution in [3.63, 3.8) is 0 Å². The Kier molecular flexibility index (Phi) is 3.91. The van der Waals surface area contributed by atoms with Crippen LogP contribution in [0.4, 0.5) is 0 Å². The van der Waals surface area contributed by atoms with Gasteiger partial charge in [-0.3, -0.25) is 4.79 Å².